The summed E-state index contributed by atoms with van der Waals surface area (Å²) in [5.41, 5.74) is 1.06. The number of aromatic nitrogens is 1. The van der Waals surface area contributed by atoms with Gasteiger partial charge in [0, 0.05) is 17.6 Å². The summed E-state index contributed by atoms with van der Waals surface area (Å²) in [4.78, 5) is 19.0. The number of aromatic amines is 1. The van der Waals surface area contributed by atoms with Gasteiger partial charge in [0.05, 0.1) is 6.20 Å². The van der Waals surface area contributed by atoms with Gasteiger partial charge in [-0.2, -0.15) is 0 Å². The Morgan fingerprint density at radius 2 is 1.92 bits per heavy atom. The molecule has 5 nitrogen and oxygen atoms in total. The number of nitrogens with one attached hydrogen (secondary N) is 3. The Balaban J connectivity index is 1.41. The molecule has 1 aliphatic rings. The summed E-state index contributed by atoms with van der Waals surface area (Å²) in [5, 5.41) is 3.70. The molecule has 0 spiro atoms. The van der Waals surface area contributed by atoms with E-state index < -0.39 is 0 Å². The first kappa shape index (κ1) is 16.7. The van der Waals surface area contributed by atoms with E-state index in [-0.39, 0.29) is 5.91 Å². The molecule has 1 fully saturated rings. The van der Waals surface area contributed by atoms with Gasteiger partial charge in [-0.1, -0.05) is 29.8 Å². The Bertz CT molecular complexity index is 654. The number of amides is 1. The van der Waals surface area contributed by atoms with Gasteiger partial charge < -0.3 is 10.2 Å². The van der Waals surface area contributed by atoms with Crippen LogP contribution in [0.1, 0.15) is 5.56 Å². The molecule has 2 aromatic rings. The molecule has 3 N–H and O–H groups in total. The van der Waals surface area contributed by atoms with Crippen LogP contribution in [0.15, 0.2) is 48.7 Å². The molecule has 126 valence electrons. The van der Waals surface area contributed by atoms with Crippen molar-refractivity contribution in [3.63, 3.8) is 0 Å². The highest BCUT2D eigenvalue weighted by Crippen LogP contribution is 2.09. The van der Waals surface area contributed by atoms with Crippen molar-refractivity contribution in [1.82, 2.24) is 5.32 Å². The fraction of sp³-hybridized carbons (Fsp3) is 0.333. The van der Waals surface area contributed by atoms with Crippen LogP contribution in [-0.4, -0.2) is 38.6 Å². The molecule has 0 unspecified atom stereocenters. The van der Waals surface area contributed by atoms with Crippen LogP contribution in [0.25, 0.3) is 0 Å². The minimum Gasteiger partial charge on any atom is -0.347 e. The molecule has 1 aromatic carbocycles. The summed E-state index contributed by atoms with van der Waals surface area (Å²) in [6, 6.07) is 13.7. The third-order valence-electron chi connectivity index (χ3n) is 4.32. The zero-order chi connectivity index (χ0) is 16.8. The van der Waals surface area contributed by atoms with Crippen molar-refractivity contribution in [3.8, 4) is 0 Å². The maximum atomic E-state index is 12.1. The Hall–Kier alpha value is -2.11. The van der Waals surface area contributed by atoms with E-state index >= 15 is 0 Å². The van der Waals surface area contributed by atoms with Gasteiger partial charge in [-0.25, -0.2) is 4.98 Å². The smallest absolute Gasteiger partial charge is 0.275 e. The maximum absolute atomic E-state index is 12.1. The van der Waals surface area contributed by atoms with Crippen molar-refractivity contribution in [2.45, 2.75) is 6.54 Å². The van der Waals surface area contributed by atoms with E-state index in [9.17, 15) is 4.79 Å². The van der Waals surface area contributed by atoms with Crippen LogP contribution >= 0.6 is 11.6 Å². The minimum atomic E-state index is 0.0969. The summed E-state index contributed by atoms with van der Waals surface area (Å²) < 4.78 is 0. The second-order valence-electron chi connectivity index (χ2n) is 6.06. The van der Waals surface area contributed by atoms with Gasteiger partial charge in [0.15, 0.2) is 6.54 Å². The Morgan fingerprint density at radius 1 is 1.17 bits per heavy atom. The largest absolute Gasteiger partial charge is 0.347 e. The van der Waals surface area contributed by atoms with E-state index in [2.05, 4.69) is 21.3 Å². The van der Waals surface area contributed by atoms with Gasteiger partial charge >= 0.3 is 0 Å². The third kappa shape index (κ3) is 4.69. The highest BCUT2D eigenvalue weighted by molar-refractivity contribution is 6.30. The maximum Gasteiger partial charge on any atom is 0.275 e. The summed E-state index contributed by atoms with van der Waals surface area (Å²) in [6.45, 7) is 4.93. The quantitative estimate of drug-likeness (QED) is 0.811. The number of hydrogen-bond acceptors (Lipinski definition) is 2. The van der Waals surface area contributed by atoms with Crippen LogP contribution in [0.2, 0.25) is 5.02 Å². The molecule has 6 heteroatoms. The first-order valence-corrected chi connectivity index (χ1v) is 8.65. The topological polar surface area (TPSA) is 50.9 Å². The minimum absolute atomic E-state index is 0.0969. The fourth-order valence-corrected chi connectivity index (χ4v) is 3.04. The van der Waals surface area contributed by atoms with E-state index in [1.54, 1.807) is 0 Å². The second-order valence-corrected chi connectivity index (χ2v) is 6.50. The lowest BCUT2D eigenvalue weighted by Crippen LogP contribution is -3.16. The number of quaternary nitrogens is 1. The fourth-order valence-electron chi connectivity index (χ4n) is 2.91. The first-order chi connectivity index (χ1) is 11.7. The van der Waals surface area contributed by atoms with Gasteiger partial charge in [-0.3, -0.25) is 9.69 Å². The lowest BCUT2D eigenvalue weighted by atomic mass is 10.2. The molecule has 0 radical (unpaired) electrons. The van der Waals surface area contributed by atoms with E-state index in [4.69, 9.17) is 11.6 Å². The van der Waals surface area contributed by atoms with Crippen molar-refractivity contribution < 1.29 is 14.7 Å². The number of piperazine rings is 1. The van der Waals surface area contributed by atoms with E-state index in [0.717, 1.165) is 37.6 Å². The zero-order valence-electron chi connectivity index (χ0n) is 13.6. The van der Waals surface area contributed by atoms with Gasteiger partial charge in [-0.05, 0) is 23.8 Å². The molecule has 0 bridgehead atoms. The Kier molecular flexibility index (Phi) is 5.67. The van der Waals surface area contributed by atoms with Crippen molar-refractivity contribution >= 4 is 23.3 Å². The van der Waals surface area contributed by atoms with Gasteiger partial charge in [0.1, 0.15) is 26.2 Å². The van der Waals surface area contributed by atoms with E-state index in [1.807, 2.05) is 42.6 Å². The van der Waals surface area contributed by atoms with Crippen LogP contribution in [0.3, 0.4) is 0 Å². The Labute approximate surface area is 147 Å². The van der Waals surface area contributed by atoms with Crippen LogP contribution in [-0.2, 0) is 11.3 Å². The second kappa shape index (κ2) is 8.13. The molecule has 0 aliphatic carbocycles. The monoisotopic (exact) mass is 346 g/mol. The molecule has 1 amide bonds. The van der Waals surface area contributed by atoms with Crippen molar-refractivity contribution in [2.24, 2.45) is 0 Å². The number of rotatable bonds is 5. The molecule has 2 heterocycles. The van der Waals surface area contributed by atoms with Crippen molar-refractivity contribution in [1.29, 1.82) is 0 Å². The average molecular weight is 347 g/mol. The molecule has 1 saturated heterocycles. The van der Waals surface area contributed by atoms with Crippen LogP contribution in [0.4, 0.5) is 5.82 Å². The predicted molar refractivity (Wildman–Crippen MR) is 94.1 cm³/mol. The number of anilines is 1. The standard InChI is InChI=1S/C18H21ClN4O/c19-16-6-4-15(5-7-16)13-21-18(24)14-22-9-11-23(12-10-22)17-3-1-2-8-20-17/h1-8H,9-14H2,(H,21,24)/p+2. The molecule has 24 heavy (non-hydrogen) atoms. The van der Waals surface area contributed by atoms with Gasteiger partial charge in [-0.15, -0.1) is 0 Å². The lowest BCUT2D eigenvalue weighted by molar-refractivity contribution is -0.892. The average Bonchev–Trinajstić information content (AvgIpc) is 2.63. The SMILES string of the molecule is O=C(C[NH+]1CCN(c2cccc[nH+]2)CC1)NCc1ccc(Cl)cc1. The van der Waals surface area contributed by atoms with E-state index in [1.165, 1.54) is 4.90 Å². The van der Waals surface area contributed by atoms with E-state index in [0.29, 0.717) is 18.1 Å². The molecular formula is C18H23ClN4O+2. The summed E-state index contributed by atoms with van der Waals surface area (Å²) in [5.74, 6) is 1.24. The highest BCUT2D eigenvalue weighted by Gasteiger charge is 2.26. The number of halogens is 1. The number of carbonyl (C=O) groups excluding carboxylic acids is 1. The van der Waals surface area contributed by atoms with Crippen LogP contribution in [0, 0.1) is 0 Å². The third-order valence-corrected chi connectivity index (χ3v) is 4.57. The highest BCUT2D eigenvalue weighted by atomic mass is 35.5. The molecule has 1 aromatic heterocycles. The molecule has 0 atom stereocenters. The number of carbonyl (C=O) groups is 1. The molecule has 0 saturated carbocycles. The number of hydrogen-bond donors (Lipinski definition) is 2. The summed E-state index contributed by atoms with van der Waals surface area (Å²) >= 11 is 5.86. The normalized spacial score (nSPS) is 15.3. The number of nitrogens with zero attached hydrogens (tertiary/aromatic N) is 1. The summed E-state index contributed by atoms with van der Waals surface area (Å²) in [7, 11) is 0. The van der Waals surface area contributed by atoms with Gasteiger partial charge in [0.2, 0.25) is 0 Å². The predicted octanol–water partition coefficient (Wildman–Crippen LogP) is 0.175. The number of benzene rings is 1. The van der Waals surface area contributed by atoms with Crippen LogP contribution < -0.4 is 20.1 Å². The Morgan fingerprint density at radius 3 is 2.58 bits per heavy atom. The van der Waals surface area contributed by atoms with Crippen LogP contribution in [0.5, 0.6) is 0 Å². The molecule has 3 rings (SSSR count). The lowest BCUT2D eigenvalue weighted by Gasteiger charge is -2.27. The van der Waals surface area contributed by atoms with Crippen molar-refractivity contribution in [3.05, 3.63) is 59.2 Å². The molecule has 1 aliphatic heterocycles. The van der Waals surface area contributed by atoms with Gasteiger partial charge in [0.25, 0.3) is 11.7 Å². The number of pyridine rings is 1. The summed E-state index contributed by atoms with van der Waals surface area (Å²) in [6.07, 6.45) is 1.94. The molecular weight excluding hydrogens is 324 g/mol. The van der Waals surface area contributed by atoms with Crippen molar-refractivity contribution in [2.75, 3.05) is 37.6 Å². The first-order valence-electron chi connectivity index (χ1n) is 8.27. The number of H-pyrrole nitrogens is 1. The zero-order valence-corrected chi connectivity index (χ0v) is 14.4.